The average Bonchev–Trinajstić information content (AvgIpc) is 3.59. The molecule has 0 unspecified atom stereocenters. The van der Waals surface area contributed by atoms with Crippen LogP contribution in [0.2, 0.25) is 0 Å². The van der Waals surface area contributed by atoms with E-state index in [0.717, 1.165) is 0 Å². The predicted octanol–water partition coefficient (Wildman–Crippen LogP) is -4.14. The van der Waals surface area contributed by atoms with Gasteiger partial charge in [0, 0.05) is 24.9 Å². The third-order valence-corrected chi connectivity index (χ3v) is 7.70. The van der Waals surface area contributed by atoms with Gasteiger partial charge in [0.05, 0.1) is 25.0 Å². The van der Waals surface area contributed by atoms with Crippen LogP contribution in [0.1, 0.15) is 44.9 Å². The molecule has 2 aromatic rings. The number of nitrogens with one attached hydrogen (secondary N) is 6. The Balaban J connectivity index is 2.08. The van der Waals surface area contributed by atoms with Gasteiger partial charge in [0.15, 0.2) is 5.96 Å². The van der Waals surface area contributed by atoms with E-state index >= 15 is 0 Å². The van der Waals surface area contributed by atoms with Crippen molar-refractivity contribution >= 4 is 41.4 Å². The molecule has 1 heterocycles. The first kappa shape index (κ1) is 42.4. The minimum atomic E-state index is -1.58. The van der Waals surface area contributed by atoms with Crippen LogP contribution in [0.5, 0.6) is 5.75 Å². The Hall–Kier alpha value is -5.76. The minimum absolute atomic E-state index is 0.0433. The van der Waals surface area contributed by atoms with Crippen LogP contribution in [-0.2, 0) is 41.6 Å². The largest absolute Gasteiger partial charge is 0.508 e. The number of aromatic amines is 1. The van der Waals surface area contributed by atoms with Crippen LogP contribution in [-0.4, -0.2) is 111 Å². The summed E-state index contributed by atoms with van der Waals surface area (Å²) < 4.78 is 0. The number of benzene rings is 1. The van der Waals surface area contributed by atoms with Crippen LogP contribution in [0.15, 0.2) is 41.8 Å². The molecule has 6 atom stereocenters. The maximum atomic E-state index is 13.5. The lowest BCUT2D eigenvalue weighted by Crippen LogP contribution is -2.61. The maximum absolute atomic E-state index is 13.5. The van der Waals surface area contributed by atoms with Crippen molar-refractivity contribution in [1.82, 2.24) is 36.6 Å². The standard InChI is InChI=1S/C32H50N12O8/c1-16(2)25(30(51)39-14-24(47)41-22(27(34)48)5-4-10-38-32(35)36)43-31(52)26(17(3)45)44-29(50)23(12-19-13-37-15-40-19)42-28(49)21(33)11-18-6-8-20(46)9-7-18/h6-9,13,15-17,21-23,25-26,45-46H,4-5,10-12,14,33H2,1-3H3,(H2,34,48)(H,37,40)(H,39,51)(H,41,47)(H,42,49)(H,43,52)(H,44,50)(H4,35,36,38)/t17-,21+,22+,23+,25+,26+/m1/s1. The van der Waals surface area contributed by atoms with E-state index < -0.39 is 84.2 Å². The second kappa shape index (κ2) is 20.8. The molecule has 0 saturated carbocycles. The number of aliphatic hydroxyl groups is 1. The number of imidazole rings is 1. The summed E-state index contributed by atoms with van der Waals surface area (Å²) >= 11 is 0. The first-order valence-corrected chi connectivity index (χ1v) is 16.5. The van der Waals surface area contributed by atoms with Crippen molar-refractivity contribution in [2.24, 2.45) is 33.8 Å². The molecule has 20 heteroatoms. The van der Waals surface area contributed by atoms with E-state index in [4.69, 9.17) is 22.9 Å². The number of H-pyrrole nitrogens is 1. The normalized spacial score (nSPS) is 14.4. The van der Waals surface area contributed by atoms with Crippen molar-refractivity contribution in [3.63, 3.8) is 0 Å². The number of aliphatic imine (C=N–C) groups is 1. The van der Waals surface area contributed by atoms with Gasteiger partial charge in [-0.15, -0.1) is 0 Å². The number of guanidine groups is 1. The average molecular weight is 731 g/mol. The quantitative estimate of drug-likeness (QED) is 0.0331. The van der Waals surface area contributed by atoms with Gasteiger partial charge in [0.1, 0.15) is 29.9 Å². The van der Waals surface area contributed by atoms with E-state index in [-0.39, 0.29) is 37.5 Å². The summed E-state index contributed by atoms with van der Waals surface area (Å²) in [7, 11) is 0. The summed E-state index contributed by atoms with van der Waals surface area (Å²) in [5, 5.41) is 32.4. The van der Waals surface area contributed by atoms with Crippen LogP contribution < -0.4 is 49.5 Å². The fourth-order valence-corrected chi connectivity index (χ4v) is 4.83. The molecule has 20 nitrogen and oxygen atoms in total. The molecule has 2 rings (SSSR count). The second-order valence-electron chi connectivity index (χ2n) is 12.5. The van der Waals surface area contributed by atoms with Crippen LogP contribution in [0, 0.1) is 5.92 Å². The zero-order valence-electron chi connectivity index (χ0n) is 29.3. The van der Waals surface area contributed by atoms with Gasteiger partial charge in [0.2, 0.25) is 35.4 Å². The van der Waals surface area contributed by atoms with Crippen LogP contribution in [0.3, 0.4) is 0 Å². The van der Waals surface area contributed by atoms with Gasteiger partial charge in [-0.3, -0.25) is 33.8 Å². The number of carbonyl (C=O) groups is 6. The molecule has 16 N–H and O–H groups in total. The van der Waals surface area contributed by atoms with Crippen molar-refractivity contribution in [2.45, 2.75) is 82.8 Å². The molecule has 6 amide bonds. The molecule has 0 spiro atoms. The smallest absolute Gasteiger partial charge is 0.245 e. The number of aliphatic hydroxyl groups excluding tert-OH is 1. The molecule has 1 aromatic carbocycles. The number of nitrogens with zero attached hydrogens (tertiary/aromatic N) is 2. The lowest BCUT2D eigenvalue weighted by Gasteiger charge is -2.28. The number of hydrogen-bond donors (Lipinski definition) is 12. The molecule has 0 fully saturated rings. The SMILES string of the molecule is CC(C)[C@H](NC(=O)[C@@H](NC(=O)[C@H](Cc1cnc[nH]1)NC(=O)[C@@H](N)Cc1ccc(O)cc1)[C@@H](C)O)C(=O)NCC(=O)N[C@@H](CCCN=C(N)N)C(N)=O. The number of nitrogens with two attached hydrogens (primary N) is 4. The lowest BCUT2D eigenvalue weighted by atomic mass is 10.0. The molecule has 286 valence electrons. The van der Waals surface area contributed by atoms with Gasteiger partial charge < -0.3 is 64.7 Å². The molecular formula is C32H50N12O8. The highest BCUT2D eigenvalue weighted by molar-refractivity contribution is 5.96. The highest BCUT2D eigenvalue weighted by atomic mass is 16.3. The van der Waals surface area contributed by atoms with Gasteiger partial charge >= 0.3 is 0 Å². The third kappa shape index (κ3) is 14.6. The number of rotatable bonds is 21. The fraction of sp³-hybridized carbons (Fsp3) is 0.500. The lowest BCUT2D eigenvalue weighted by molar-refractivity contribution is -0.136. The maximum Gasteiger partial charge on any atom is 0.245 e. The zero-order valence-corrected chi connectivity index (χ0v) is 29.3. The summed E-state index contributed by atoms with van der Waals surface area (Å²) in [6.07, 6.45) is 1.86. The summed E-state index contributed by atoms with van der Waals surface area (Å²) in [6, 6.07) is -0.104. The Bertz CT molecular complexity index is 1530. The number of primary amides is 1. The van der Waals surface area contributed by atoms with E-state index in [2.05, 4.69) is 41.5 Å². The van der Waals surface area contributed by atoms with Gasteiger partial charge in [-0.2, -0.15) is 0 Å². The monoisotopic (exact) mass is 730 g/mol. The molecule has 0 saturated heterocycles. The van der Waals surface area contributed by atoms with E-state index in [0.29, 0.717) is 17.7 Å². The molecule has 0 aliphatic rings. The number of aromatic nitrogens is 2. The Morgan fingerprint density at radius 3 is 2.06 bits per heavy atom. The summed E-state index contributed by atoms with van der Waals surface area (Å²) in [5.74, 6) is -5.34. The van der Waals surface area contributed by atoms with Crippen molar-refractivity contribution < 1.29 is 39.0 Å². The van der Waals surface area contributed by atoms with E-state index in [1.54, 1.807) is 26.0 Å². The zero-order chi connectivity index (χ0) is 39.0. The van der Waals surface area contributed by atoms with Crippen molar-refractivity contribution in [2.75, 3.05) is 13.1 Å². The van der Waals surface area contributed by atoms with E-state index in [1.165, 1.54) is 31.6 Å². The molecular weight excluding hydrogens is 680 g/mol. The topological polar surface area (TPSA) is 348 Å². The number of phenolic OH excluding ortho intramolecular Hbond substituents is 1. The number of carbonyl (C=O) groups excluding carboxylic acids is 6. The Morgan fingerprint density at radius 2 is 1.50 bits per heavy atom. The second-order valence-corrected chi connectivity index (χ2v) is 12.5. The summed E-state index contributed by atoms with van der Waals surface area (Å²) in [6.45, 7) is 4.14. The molecule has 0 aliphatic carbocycles. The third-order valence-electron chi connectivity index (χ3n) is 7.70. The van der Waals surface area contributed by atoms with E-state index in [1.807, 2.05) is 0 Å². The summed E-state index contributed by atoms with van der Waals surface area (Å²) in [5.41, 5.74) is 23.2. The molecule has 0 aliphatic heterocycles. The van der Waals surface area contributed by atoms with Crippen LogP contribution in [0.4, 0.5) is 0 Å². The van der Waals surface area contributed by atoms with Gasteiger partial charge in [-0.1, -0.05) is 26.0 Å². The predicted molar refractivity (Wildman–Crippen MR) is 188 cm³/mol. The summed E-state index contributed by atoms with van der Waals surface area (Å²) in [4.78, 5) is 87.9. The van der Waals surface area contributed by atoms with Crippen molar-refractivity contribution in [1.29, 1.82) is 0 Å². The fourth-order valence-electron chi connectivity index (χ4n) is 4.83. The van der Waals surface area contributed by atoms with Gasteiger partial charge in [-0.25, -0.2) is 4.98 Å². The van der Waals surface area contributed by atoms with Crippen molar-refractivity contribution in [3.8, 4) is 5.75 Å². The van der Waals surface area contributed by atoms with Crippen LogP contribution >= 0.6 is 0 Å². The molecule has 0 radical (unpaired) electrons. The van der Waals surface area contributed by atoms with Crippen molar-refractivity contribution in [3.05, 3.63) is 48.0 Å². The number of hydrogen-bond acceptors (Lipinski definition) is 11. The minimum Gasteiger partial charge on any atom is -0.508 e. The highest BCUT2D eigenvalue weighted by Gasteiger charge is 2.34. The van der Waals surface area contributed by atoms with Gasteiger partial charge in [-0.05, 0) is 49.8 Å². The number of amides is 6. The van der Waals surface area contributed by atoms with E-state index in [9.17, 15) is 39.0 Å². The number of phenols is 1. The van der Waals surface area contributed by atoms with Gasteiger partial charge in [0.25, 0.3) is 0 Å². The molecule has 0 bridgehead atoms. The number of aromatic hydroxyl groups is 1. The Morgan fingerprint density at radius 1 is 0.846 bits per heavy atom. The molecule has 1 aromatic heterocycles. The first-order valence-electron chi connectivity index (χ1n) is 16.5. The Labute approximate surface area is 300 Å². The highest BCUT2D eigenvalue weighted by Crippen LogP contribution is 2.11. The van der Waals surface area contributed by atoms with Crippen LogP contribution in [0.25, 0.3) is 0 Å². The Kier molecular flexibility index (Phi) is 17.0. The molecule has 52 heavy (non-hydrogen) atoms. The first-order chi connectivity index (χ1) is 24.5.